The molecule has 5 nitrogen and oxygen atoms in total. The van der Waals surface area contributed by atoms with Gasteiger partial charge in [-0.05, 0) is 6.07 Å². The number of H-pyrrole nitrogens is 1. The number of carbonyl (C=O) groups is 2. The fourth-order valence-electron chi connectivity index (χ4n) is 0.750. The van der Waals surface area contributed by atoms with Gasteiger partial charge in [0.25, 0.3) is 5.91 Å². The molecule has 0 aliphatic rings. The molecule has 0 saturated heterocycles. The number of carboxylic acids is 1. The van der Waals surface area contributed by atoms with Crippen molar-refractivity contribution in [1.29, 1.82) is 0 Å². The summed E-state index contributed by atoms with van der Waals surface area (Å²) in [6, 6.07) is 1.42. The highest BCUT2D eigenvalue weighted by atomic mass is 35.5. The first kappa shape index (κ1) is 9.60. The molecule has 13 heavy (non-hydrogen) atoms. The highest BCUT2D eigenvalue weighted by Crippen LogP contribution is 2.08. The monoisotopic (exact) mass is 202 g/mol. The highest BCUT2D eigenvalue weighted by molar-refractivity contribution is 6.30. The molecule has 0 unspecified atom stereocenters. The van der Waals surface area contributed by atoms with Gasteiger partial charge < -0.3 is 15.4 Å². The molecule has 0 atom stereocenters. The SMILES string of the molecule is O=C(O)CNC(=O)c1cc(Cl)c[nH]1. The van der Waals surface area contributed by atoms with Crippen LogP contribution in [-0.2, 0) is 4.79 Å². The zero-order chi connectivity index (χ0) is 9.84. The quantitative estimate of drug-likeness (QED) is 0.667. The van der Waals surface area contributed by atoms with Gasteiger partial charge in [-0.2, -0.15) is 0 Å². The minimum atomic E-state index is -1.09. The van der Waals surface area contributed by atoms with Gasteiger partial charge in [0.15, 0.2) is 0 Å². The fourth-order valence-corrected chi connectivity index (χ4v) is 0.914. The minimum absolute atomic E-state index is 0.242. The second-order valence-electron chi connectivity index (χ2n) is 2.31. The molecule has 0 spiro atoms. The van der Waals surface area contributed by atoms with Crippen molar-refractivity contribution in [2.75, 3.05) is 6.54 Å². The van der Waals surface area contributed by atoms with Crippen LogP contribution in [0.5, 0.6) is 0 Å². The zero-order valence-electron chi connectivity index (χ0n) is 6.50. The van der Waals surface area contributed by atoms with Gasteiger partial charge in [-0.15, -0.1) is 0 Å². The molecule has 0 saturated carbocycles. The number of halogens is 1. The van der Waals surface area contributed by atoms with Crippen LogP contribution in [0.1, 0.15) is 10.5 Å². The number of hydrogen-bond donors (Lipinski definition) is 3. The van der Waals surface area contributed by atoms with Crippen LogP contribution in [0.3, 0.4) is 0 Å². The lowest BCUT2D eigenvalue weighted by Crippen LogP contribution is -2.29. The first-order valence-electron chi connectivity index (χ1n) is 3.43. The fraction of sp³-hybridized carbons (Fsp3) is 0.143. The van der Waals surface area contributed by atoms with E-state index in [1.807, 2.05) is 0 Å². The summed E-state index contributed by atoms with van der Waals surface area (Å²) in [5.74, 6) is -1.58. The second kappa shape index (κ2) is 3.95. The number of hydrogen-bond acceptors (Lipinski definition) is 2. The first-order chi connectivity index (χ1) is 6.09. The maximum absolute atomic E-state index is 11.1. The van der Waals surface area contributed by atoms with Crippen LogP contribution in [0.15, 0.2) is 12.3 Å². The third-order valence-electron chi connectivity index (χ3n) is 1.29. The lowest BCUT2D eigenvalue weighted by atomic mass is 10.4. The lowest BCUT2D eigenvalue weighted by Gasteiger charge is -1.98. The van der Waals surface area contributed by atoms with E-state index in [9.17, 15) is 9.59 Å². The molecule has 0 aromatic carbocycles. The summed E-state index contributed by atoms with van der Waals surface area (Å²) >= 11 is 5.54. The molecule has 70 valence electrons. The minimum Gasteiger partial charge on any atom is -0.480 e. The van der Waals surface area contributed by atoms with Crippen LogP contribution in [0.2, 0.25) is 5.02 Å². The van der Waals surface area contributed by atoms with Crippen LogP contribution in [0.4, 0.5) is 0 Å². The van der Waals surface area contributed by atoms with Gasteiger partial charge in [0.1, 0.15) is 12.2 Å². The van der Waals surface area contributed by atoms with E-state index >= 15 is 0 Å². The Kier molecular flexibility index (Phi) is 2.92. The molecule has 0 bridgehead atoms. The third-order valence-corrected chi connectivity index (χ3v) is 1.51. The summed E-state index contributed by atoms with van der Waals surface area (Å²) in [5.41, 5.74) is 0.242. The molecule has 1 heterocycles. The number of carbonyl (C=O) groups excluding carboxylic acids is 1. The summed E-state index contributed by atoms with van der Waals surface area (Å²) in [7, 11) is 0. The van der Waals surface area contributed by atoms with Crippen molar-refractivity contribution in [3.05, 3.63) is 23.0 Å². The van der Waals surface area contributed by atoms with Crippen molar-refractivity contribution < 1.29 is 14.7 Å². The van der Waals surface area contributed by atoms with E-state index < -0.39 is 18.4 Å². The van der Waals surface area contributed by atoms with Gasteiger partial charge in [0, 0.05) is 6.20 Å². The zero-order valence-corrected chi connectivity index (χ0v) is 7.26. The normalized spacial score (nSPS) is 9.62. The van der Waals surface area contributed by atoms with E-state index in [4.69, 9.17) is 16.7 Å². The summed E-state index contributed by atoms with van der Waals surface area (Å²) in [5, 5.41) is 10.9. The average Bonchev–Trinajstić information content (AvgIpc) is 2.47. The highest BCUT2D eigenvalue weighted by Gasteiger charge is 2.08. The number of carboxylic acid groups (broad SMARTS) is 1. The number of rotatable bonds is 3. The second-order valence-corrected chi connectivity index (χ2v) is 2.74. The number of aliphatic carboxylic acids is 1. The van der Waals surface area contributed by atoms with Crippen molar-refractivity contribution in [1.82, 2.24) is 10.3 Å². The molecule has 3 N–H and O–H groups in total. The third kappa shape index (κ3) is 2.79. The summed E-state index contributed by atoms with van der Waals surface area (Å²) in [6.45, 7) is -0.407. The van der Waals surface area contributed by atoms with Crippen molar-refractivity contribution in [2.24, 2.45) is 0 Å². The average molecular weight is 203 g/mol. The smallest absolute Gasteiger partial charge is 0.322 e. The lowest BCUT2D eigenvalue weighted by molar-refractivity contribution is -0.135. The van der Waals surface area contributed by atoms with E-state index in [1.54, 1.807) is 0 Å². The van der Waals surface area contributed by atoms with Gasteiger partial charge in [-0.25, -0.2) is 0 Å². The number of aromatic amines is 1. The molecule has 1 aromatic rings. The van der Waals surface area contributed by atoms with E-state index in [0.717, 1.165) is 0 Å². The standard InChI is InChI=1S/C7H7ClN2O3/c8-4-1-5(9-2-4)7(13)10-3-6(11)12/h1-2,9H,3H2,(H,10,13)(H,11,12). The summed E-state index contributed by atoms with van der Waals surface area (Å²) in [6.07, 6.45) is 1.44. The van der Waals surface area contributed by atoms with Crippen LogP contribution >= 0.6 is 11.6 Å². The predicted octanol–water partition coefficient (Wildman–Crippen LogP) is 0.482. The summed E-state index contributed by atoms with van der Waals surface area (Å²) < 4.78 is 0. The molecule has 0 radical (unpaired) electrons. The van der Waals surface area contributed by atoms with E-state index in [1.165, 1.54) is 12.3 Å². The molecule has 0 fully saturated rings. The van der Waals surface area contributed by atoms with E-state index in [0.29, 0.717) is 5.02 Å². The molecular formula is C7H7ClN2O3. The maximum Gasteiger partial charge on any atom is 0.322 e. The Hall–Kier alpha value is -1.49. The first-order valence-corrected chi connectivity index (χ1v) is 3.81. The predicted molar refractivity (Wildman–Crippen MR) is 45.8 cm³/mol. The van der Waals surface area contributed by atoms with Crippen molar-refractivity contribution >= 4 is 23.5 Å². The Labute approximate surface area is 78.7 Å². The molecule has 6 heteroatoms. The number of nitrogens with one attached hydrogen (secondary N) is 2. The molecule has 1 rings (SSSR count). The van der Waals surface area contributed by atoms with E-state index in [-0.39, 0.29) is 5.69 Å². The molecule has 1 amide bonds. The van der Waals surface area contributed by atoms with Crippen LogP contribution in [0.25, 0.3) is 0 Å². The molecule has 0 aliphatic carbocycles. The molecule has 0 aliphatic heterocycles. The van der Waals surface area contributed by atoms with Crippen molar-refractivity contribution in [2.45, 2.75) is 0 Å². The van der Waals surface area contributed by atoms with Gasteiger partial charge in [0.2, 0.25) is 0 Å². The maximum atomic E-state index is 11.1. The Morgan fingerprint density at radius 1 is 1.62 bits per heavy atom. The Morgan fingerprint density at radius 3 is 2.77 bits per heavy atom. The molecule has 1 aromatic heterocycles. The molecular weight excluding hydrogens is 196 g/mol. The Balaban J connectivity index is 2.54. The Morgan fingerprint density at radius 2 is 2.31 bits per heavy atom. The van der Waals surface area contributed by atoms with Gasteiger partial charge in [0.05, 0.1) is 5.02 Å². The number of amides is 1. The van der Waals surface area contributed by atoms with Crippen LogP contribution in [-0.4, -0.2) is 28.5 Å². The Bertz CT molecular complexity index is 334. The largest absolute Gasteiger partial charge is 0.480 e. The van der Waals surface area contributed by atoms with Gasteiger partial charge >= 0.3 is 5.97 Å². The number of aromatic nitrogens is 1. The van der Waals surface area contributed by atoms with Crippen molar-refractivity contribution in [3.8, 4) is 0 Å². The van der Waals surface area contributed by atoms with Gasteiger partial charge in [-0.3, -0.25) is 9.59 Å². The van der Waals surface area contributed by atoms with E-state index in [2.05, 4.69) is 10.3 Å². The van der Waals surface area contributed by atoms with Crippen molar-refractivity contribution in [3.63, 3.8) is 0 Å². The topological polar surface area (TPSA) is 82.2 Å². The van der Waals surface area contributed by atoms with Crippen LogP contribution < -0.4 is 5.32 Å². The summed E-state index contributed by atoms with van der Waals surface area (Å²) in [4.78, 5) is 23.8. The van der Waals surface area contributed by atoms with Crippen LogP contribution in [0, 0.1) is 0 Å². The van der Waals surface area contributed by atoms with Gasteiger partial charge in [-0.1, -0.05) is 11.6 Å².